The maximum Gasteiger partial charge on any atom is 0.184 e. The summed E-state index contributed by atoms with van der Waals surface area (Å²) in [5.74, 6) is -1.16. The van der Waals surface area contributed by atoms with Crippen LogP contribution in [0.5, 0.6) is 5.75 Å². The molecule has 0 aromatic heterocycles. The van der Waals surface area contributed by atoms with Crippen LogP contribution in [0.4, 0.5) is 4.39 Å². The second-order valence-corrected chi connectivity index (χ2v) is 4.31. The first-order valence-corrected chi connectivity index (χ1v) is 5.54. The Labute approximate surface area is 102 Å². The topological polar surface area (TPSA) is 20.2 Å². The zero-order valence-corrected chi connectivity index (χ0v) is 9.50. The lowest BCUT2D eigenvalue weighted by Gasteiger charge is -2.07. The fourth-order valence-electron chi connectivity index (χ4n) is 2.08. The molecule has 3 rings (SSSR count). The van der Waals surface area contributed by atoms with Crippen molar-refractivity contribution in [3.63, 3.8) is 0 Å². The van der Waals surface area contributed by atoms with Crippen LogP contribution < -0.4 is 0 Å². The molecule has 0 heterocycles. The fourth-order valence-corrected chi connectivity index (χ4v) is 2.28. The number of hydrogen-bond acceptors (Lipinski definition) is 1. The van der Waals surface area contributed by atoms with Crippen LogP contribution in [-0.2, 0) is 0 Å². The van der Waals surface area contributed by atoms with Gasteiger partial charge < -0.3 is 5.11 Å². The van der Waals surface area contributed by atoms with Crippen molar-refractivity contribution in [2.24, 2.45) is 0 Å². The molecule has 3 aromatic rings. The molecule has 0 saturated heterocycles. The van der Waals surface area contributed by atoms with Crippen molar-refractivity contribution in [2.45, 2.75) is 0 Å². The molecule has 3 heteroatoms. The van der Waals surface area contributed by atoms with E-state index >= 15 is 0 Å². The maximum absolute atomic E-state index is 13.5. The third kappa shape index (κ3) is 1.45. The molecule has 0 aliphatic carbocycles. The largest absolute Gasteiger partial charge is 0.504 e. The van der Waals surface area contributed by atoms with E-state index in [9.17, 15) is 9.50 Å². The molecular weight excluding hydrogens is 239 g/mol. The summed E-state index contributed by atoms with van der Waals surface area (Å²) in [6.45, 7) is 0. The van der Waals surface area contributed by atoms with Gasteiger partial charge in [-0.25, -0.2) is 4.39 Å². The van der Waals surface area contributed by atoms with E-state index in [1.54, 1.807) is 12.1 Å². The van der Waals surface area contributed by atoms with E-state index in [4.69, 9.17) is 11.6 Å². The Morgan fingerprint density at radius 2 is 1.71 bits per heavy atom. The predicted molar refractivity (Wildman–Crippen MR) is 68.1 cm³/mol. The van der Waals surface area contributed by atoms with Gasteiger partial charge in [0, 0.05) is 5.39 Å². The van der Waals surface area contributed by atoms with Crippen molar-refractivity contribution in [1.29, 1.82) is 0 Å². The molecule has 17 heavy (non-hydrogen) atoms. The lowest BCUT2D eigenvalue weighted by Crippen LogP contribution is -1.84. The fraction of sp³-hybridized carbons (Fsp3) is 0. The Hall–Kier alpha value is -1.80. The highest BCUT2D eigenvalue weighted by molar-refractivity contribution is 6.32. The molecule has 0 unspecified atom stereocenters. The molecule has 0 fully saturated rings. The number of fused-ring (bicyclic) bond motifs is 3. The maximum atomic E-state index is 13.5. The minimum atomic E-state index is -0.769. The molecule has 84 valence electrons. The quantitative estimate of drug-likeness (QED) is 0.580. The van der Waals surface area contributed by atoms with Gasteiger partial charge in [0.1, 0.15) is 0 Å². The van der Waals surface area contributed by atoms with Gasteiger partial charge in [0.05, 0.1) is 5.02 Å². The van der Waals surface area contributed by atoms with Gasteiger partial charge in [0.2, 0.25) is 0 Å². The second-order valence-electron chi connectivity index (χ2n) is 3.90. The van der Waals surface area contributed by atoms with Gasteiger partial charge in [-0.3, -0.25) is 0 Å². The molecular formula is C14H8ClFO. The summed E-state index contributed by atoms with van der Waals surface area (Å²) in [5.41, 5.74) is 0. The first kappa shape index (κ1) is 10.4. The van der Waals surface area contributed by atoms with Crippen molar-refractivity contribution in [1.82, 2.24) is 0 Å². The minimum absolute atomic E-state index is 0.0636. The second kappa shape index (κ2) is 3.60. The molecule has 0 radical (unpaired) electrons. The summed E-state index contributed by atoms with van der Waals surface area (Å²) < 4.78 is 13.5. The predicted octanol–water partition coefficient (Wildman–Crippen LogP) is 4.49. The molecule has 0 spiro atoms. The lowest BCUT2D eigenvalue weighted by atomic mass is 10.0. The van der Waals surface area contributed by atoms with Crippen LogP contribution >= 0.6 is 11.6 Å². The minimum Gasteiger partial charge on any atom is -0.504 e. The number of phenolic OH excluding ortho intramolecular Hbond substituents is 1. The molecule has 0 bridgehead atoms. The Bertz CT molecular complexity index is 737. The standard InChI is InChI=1S/C14H8ClFO/c15-12-7-11-9-4-2-1-3-8(9)5-6-10(11)14(17)13(12)16/h1-7,17H. The van der Waals surface area contributed by atoms with Gasteiger partial charge in [-0.15, -0.1) is 0 Å². The van der Waals surface area contributed by atoms with Crippen molar-refractivity contribution in [2.75, 3.05) is 0 Å². The first-order valence-electron chi connectivity index (χ1n) is 5.17. The van der Waals surface area contributed by atoms with Gasteiger partial charge in [-0.1, -0.05) is 41.9 Å². The van der Waals surface area contributed by atoms with E-state index in [2.05, 4.69) is 0 Å². The van der Waals surface area contributed by atoms with E-state index < -0.39 is 11.6 Å². The van der Waals surface area contributed by atoms with Crippen molar-refractivity contribution in [3.05, 3.63) is 53.3 Å². The molecule has 0 aliphatic heterocycles. The smallest absolute Gasteiger partial charge is 0.184 e. The first-order chi connectivity index (χ1) is 8.18. The van der Waals surface area contributed by atoms with Crippen LogP contribution in [0.15, 0.2) is 42.5 Å². The summed E-state index contributed by atoms with van der Waals surface area (Å²) in [6, 6.07) is 12.8. The van der Waals surface area contributed by atoms with Crippen LogP contribution in [0.2, 0.25) is 5.02 Å². The average molecular weight is 247 g/mol. The Kier molecular flexibility index (Phi) is 2.20. The van der Waals surface area contributed by atoms with Crippen LogP contribution in [0.1, 0.15) is 0 Å². The number of rotatable bonds is 0. The normalized spacial score (nSPS) is 11.2. The highest BCUT2D eigenvalue weighted by Crippen LogP contribution is 2.36. The third-order valence-corrected chi connectivity index (χ3v) is 3.19. The van der Waals surface area contributed by atoms with Gasteiger partial charge >= 0.3 is 0 Å². The Morgan fingerprint density at radius 3 is 2.53 bits per heavy atom. The van der Waals surface area contributed by atoms with E-state index in [0.29, 0.717) is 5.39 Å². The van der Waals surface area contributed by atoms with Crippen LogP contribution in [0.25, 0.3) is 21.5 Å². The number of benzene rings is 3. The molecule has 1 N–H and O–H groups in total. The Balaban J connectivity index is 2.59. The van der Waals surface area contributed by atoms with Gasteiger partial charge in [0.25, 0.3) is 0 Å². The highest BCUT2D eigenvalue weighted by atomic mass is 35.5. The average Bonchev–Trinajstić information content (AvgIpc) is 2.36. The summed E-state index contributed by atoms with van der Waals surface area (Å²) >= 11 is 5.76. The molecule has 0 atom stereocenters. The zero-order chi connectivity index (χ0) is 12.0. The number of phenols is 1. The summed E-state index contributed by atoms with van der Waals surface area (Å²) in [4.78, 5) is 0. The summed E-state index contributed by atoms with van der Waals surface area (Å²) in [7, 11) is 0. The summed E-state index contributed by atoms with van der Waals surface area (Å²) in [5, 5.41) is 12.9. The molecule has 0 aliphatic rings. The van der Waals surface area contributed by atoms with Crippen LogP contribution in [0, 0.1) is 5.82 Å². The van der Waals surface area contributed by atoms with Gasteiger partial charge in [-0.2, -0.15) is 0 Å². The number of aromatic hydroxyl groups is 1. The lowest BCUT2D eigenvalue weighted by molar-refractivity contribution is 0.439. The van der Waals surface area contributed by atoms with Crippen LogP contribution in [0.3, 0.4) is 0 Å². The summed E-state index contributed by atoms with van der Waals surface area (Å²) in [6.07, 6.45) is 0. The van der Waals surface area contributed by atoms with Gasteiger partial charge in [-0.05, 0) is 28.3 Å². The Morgan fingerprint density at radius 1 is 0.941 bits per heavy atom. The monoisotopic (exact) mass is 246 g/mol. The highest BCUT2D eigenvalue weighted by Gasteiger charge is 2.12. The van der Waals surface area contributed by atoms with E-state index in [1.165, 1.54) is 0 Å². The molecule has 3 aromatic carbocycles. The van der Waals surface area contributed by atoms with Gasteiger partial charge in [0.15, 0.2) is 11.6 Å². The van der Waals surface area contributed by atoms with Crippen molar-refractivity contribution < 1.29 is 9.50 Å². The van der Waals surface area contributed by atoms with Crippen LogP contribution in [-0.4, -0.2) is 5.11 Å². The molecule has 0 saturated carbocycles. The number of hydrogen-bond donors (Lipinski definition) is 1. The van der Waals surface area contributed by atoms with E-state index in [0.717, 1.165) is 16.2 Å². The van der Waals surface area contributed by atoms with Crippen molar-refractivity contribution >= 4 is 33.1 Å². The number of halogens is 2. The molecule has 1 nitrogen and oxygen atoms in total. The van der Waals surface area contributed by atoms with E-state index in [1.807, 2.05) is 30.3 Å². The van der Waals surface area contributed by atoms with Crippen molar-refractivity contribution in [3.8, 4) is 5.75 Å². The van der Waals surface area contributed by atoms with E-state index in [-0.39, 0.29) is 5.02 Å². The zero-order valence-electron chi connectivity index (χ0n) is 8.74. The third-order valence-electron chi connectivity index (χ3n) is 2.91. The molecule has 0 amide bonds. The SMILES string of the molecule is Oc1c(F)c(Cl)cc2c1ccc1ccccc12.